The van der Waals surface area contributed by atoms with E-state index in [0.717, 1.165) is 24.5 Å². The highest BCUT2D eigenvalue weighted by Crippen LogP contribution is 2.31. The van der Waals surface area contributed by atoms with E-state index in [4.69, 9.17) is 20.3 Å². The number of para-hydroxylation sites is 2. The molecule has 2 heterocycles. The number of carboxylic acids is 1. The molecule has 0 spiro atoms. The minimum absolute atomic E-state index is 0.131. The van der Waals surface area contributed by atoms with E-state index in [1.165, 1.54) is 19.3 Å². The first-order chi connectivity index (χ1) is 16.0. The number of benzene rings is 2. The predicted molar refractivity (Wildman–Crippen MR) is 125 cm³/mol. The zero-order chi connectivity index (χ0) is 23.2. The Labute approximate surface area is 192 Å². The van der Waals surface area contributed by atoms with Gasteiger partial charge in [-0.2, -0.15) is 0 Å². The fourth-order valence-corrected chi connectivity index (χ4v) is 4.03. The van der Waals surface area contributed by atoms with E-state index in [1.807, 2.05) is 18.2 Å². The van der Waals surface area contributed by atoms with Crippen molar-refractivity contribution in [3.8, 4) is 5.75 Å². The summed E-state index contributed by atoms with van der Waals surface area (Å²) in [5, 5.41) is 8.72. The number of amidine groups is 1. The van der Waals surface area contributed by atoms with Gasteiger partial charge in [0.25, 0.3) is 0 Å². The molecule has 9 nitrogen and oxygen atoms in total. The highest BCUT2D eigenvalue weighted by molar-refractivity contribution is 5.99. The van der Waals surface area contributed by atoms with Crippen LogP contribution in [0.4, 0.5) is 16.2 Å². The molecular formula is C24H28N4O5. The van der Waals surface area contributed by atoms with E-state index in [2.05, 4.69) is 16.0 Å². The van der Waals surface area contributed by atoms with Crippen molar-refractivity contribution in [2.45, 2.75) is 25.4 Å². The molecule has 1 amide bonds. The summed E-state index contributed by atoms with van der Waals surface area (Å²) in [5.41, 5.74) is 8.14. The van der Waals surface area contributed by atoms with Gasteiger partial charge in [0.2, 0.25) is 0 Å². The van der Waals surface area contributed by atoms with Crippen molar-refractivity contribution in [1.29, 1.82) is 0 Å². The van der Waals surface area contributed by atoms with Gasteiger partial charge in [-0.15, -0.1) is 0 Å². The van der Waals surface area contributed by atoms with Gasteiger partial charge in [-0.3, -0.25) is 14.7 Å². The highest BCUT2D eigenvalue weighted by Gasteiger charge is 2.33. The number of nitrogens with two attached hydrogens (primary N) is 1. The summed E-state index contributed by atoms with van der Waals surface area (Å²) in [7, 11) is 0. The molecule has 2 aromatic rings. The van der Waals surface area contributed by atoms with Crippen molar-refractivity contribution in [3.05, 3.63) is 54.1 Å². The van der Waals surface area contributed by atoms with Gasteiger partial charge in [0.1, 0.15) is 24.7 Å². The number of piperidine rings is 1. The van der Waals surface area contributed by atoms with Gasteiger partial charge in [-0.25, -0.2) is 4.79 Å². The van der Waals surface area contributed by atoms with Crippen LogP contribution < -0.4 is 20.3 Å². The summed E-state index contributed by atoms with van der Waals surface area (Å²) >= 11 is 0. The molecule has 1 atom stereocenters. The Morgan fingerprint density at radius 2 is 1.85 bits per heavy atom. The summed E-state index contributed by atoms with van der Waals surface area (Å²) in [4.78, 5) is 30.8. The molecule has 2 saturated heterocycles. The minimum Gasteiger partial charge on any atom is -0.487 e. The third kappa shape index (κ3) is 5.54. The normalized spacial score (nSPS) is 18.8. The number of nitrogens with zero attached hydrogens (tertiary/aromatic N) is 3. The number of hydrogen-bond donors (Lipinski definition) is 2. The molecule has 2 aromatic carbocycles. The van der Waals surface area contributed by atoms with Gasteiger partial charge in [0.05, 0.1) is 12.2 Å². The number of carboxylic acid groups (broad SMARTS) is 1. The van der Waals surface area contributed by atoms with Crippen LogP contribution in [0.15, 0.2) is 53.5 Å². The Balaban J connectivity index is 1.36. The molecule has 3 N–H and O–H groups in total. The van der Waals surface area contributed by atoms with Crippen molar-refractivity contribution in [2.24, 2.45) is 10.7 Å². The molecule has 2 aliphatic rings. The summed E-state index contributed by atoms with van der Waals surface area (Å²) in [5.74, 6) is -0.123. The number of aliphatic carboxylic acids is 1. The summed E-state index contributed by atoms with van der Waals surface area (Å²) in [6.07, 6.45) is 2.79. The number of carbonyl (C=O) groups is 2. The Morgan fingerprint density at radius 3 is 2.58 bits per heavy atom. The number of ether oxygens (including phenoxy) is 2. The van der Waals surface area contributed by atoms with Crippen LogP contribution in [0.1, 0.15) is 24.8 Å². The zero-order valence-electron chi connectivity index (χ0n) is 18.4. The van der Waals surface area contributed by atoms with Crippen molar-refractivity contribution >= 4 is 29.3 Å². The molecule has 2 aliphatic heterocycles. The van der Waals surface area contributed by atoms with E-state index < -0.39 is 24.7 Å². The minimum atomic E-state index is -1.05. The lowest BCUT2D eigenvalue weighted by Crippen LogP contribution is -2.30. The van der Waals surface area contributed by atoms with Crippen molar-refractivity contribution in [1.82, 2.24) is 0 Å². The highest BCUT2D eigenvalue weighted by atomic mass is 16.6. The first kappa shape index (κ1) is 22.4. The average Bonchev–Trinajstić information content (AvgIpc) is 3.22. The van der Waals surface area contributed by atoms with Gasteiger partial charge in [-0.05, 0) is 55.7 Å². The van der Waals surface area contributed by atoms with E-state index >= 15 is 0 Å². The van der Waals surface area contributed by atoms with Crippen LogP contribution in [0, 0.1) is 0 Å². The molecule has 1 unspecified atom stereocenters. The number of hydrogen-bond acceptors (Lipinski definition) is 6. The van der Waals surface area contributed by atoms with Crippen LogP contribution in [-0.4, -0.2) is 61.9 Å². The summed E-state index contributed by atoms with van der Waals surface area (Å²) in [6.45, 7) is 2.28. The lowest BCUT2D eigenvalue weighted by atomic mass is 10.1. The average molecular weight is 453 g/mol. The monoisotopic (exact) mass is 452 g/mol. The third-order valence-electron chi connectivity index (χ3n) is 5.72. The van der Waals surface area contributed by atoms with Gasteiger partial charge < -0.3 is 25.2 Å². The maximum atomic E-state index is 12.4. The maximum absolute atomic E-state index is 12.4. The van der Waals surface area contributed by atoms with Crippen LogP contribution in [0.3, 0.4) is 0 Å². The number of carbonyl (C=O) groups excluding carboxylic acids is 1. The van der Waals surface area contributed by atoms with Crippen molar-refractivity contribution in [2.75, 3.05) is 42.6 Å². The van der Waals surface area contributed by atoms with E-state index in [9.17, 15) is 9.59 Å². The van der Waals surface area contributed by atoms with Crippen LogP contribution >= 0.6 is 0 Å². The molecule has 0 aliphatic carbocycles. The quantitative estimate of drug-likeness (QED) is 0.467. The molecule has 0 radical (unpaired) electrons. The fraction of sp³-hybridized carbons (Fsp3) is 0.375. The lowest BCUT2D eigenvalue weighted by molar-refractivity contribution is -0.135. The van der Waals surface area contributed by atoms with E-state index in [1.54, 1.807) is 29.2 Å². The molecule has 0 aromatic heterocycles. The summed E-state index contributed by atoms with van der Waals surface area (Å²) in [6, 6.07) is 14.8. The molecule has 0 saturated carbocycles. The largest absolute Gasteiger partial charge is 0.487 e. The second-order valence-electron chi connectivity index (χ2n) is 8.08. The molecule has 0 bridgehead atoms. The third-order valence-corrected chi connectivity index (χ3v) is 5.72. The predicted octanol–water partition coefficient (Wildman–Crippen LogP) is 2.87. The Morgan fingerprint density at radius 1 is 1.12 bits per heavy atom. The van der Waals surface area contributed by atoms with Gasteiger partial charge in [0.15, 0.2) is 6.10 Å². The molecule has 174 valence electrons. The molecular weight excluding hydrogens is 424 g/mol. The first-order valence-electron chi connectivity index (χ1n) is 11.1. The zero-order valence-corrected chi connectivity index (χ0v) is 18.4. The number of amides is 1. The van der Waals surface area contributed by atoms with Crippen LogP contribution in [0.25, 0.3) is 0 Å². The van der Waals surface area contributed by atoms with Crippen LogP contribution in [0.5, 0.6) is 5.75 Å². The molecule has 2 fully saturated rings. The lowest BCUT2D eigenvalue weighted by Gasteiger charge is -2.30. The van der Waals surface area contributed by atoms with Gasteiger partial charge in [-0.1, -0.05) is 12.1 Å². The van der Waals surface area contributed by atoms with Crippen LogP contribution in [-0.2, 0) is 9.53 Å². The Kier molecular flexibility index (Phi) is 6.97. The van der Waals surface area contributed by atoms with Crippen molar-refractivity contribution < 1.29 is 24.2 Å². The van der Waals surface area contributed by atoms with Gasteiger partial charge >= 0.3 is 12.1 Å². The van der Waals surface area contributed by atoms with E-state index in [-0.39, 0.29) is 12.4 Å². The van der Waals surface area contributed by atoms with Crippen molar-refractivity contribution in [3.63, 3.8) is 0 Å². The van der Waals surface area contributed by atoms with E-state index in [0.29, 0.717) is 17.8 Å². The molecule has 9 heteroatoms. The number of anilines is 2. The first-order valence-corrected chi connectivity index (χ1v) is 11.1. The fourth-order valence-electron chi connectivity index (χ4n) is 4.03. The molecule has 33 heavy (non-hydrogen) atoms. The maximum Gasteiger partial charge on any atom is 0.414 e. The topological polar surface area (TPSA) is 118 Å². The second-order valence-corrected chi connectivity index (χ2v) is 8.08. The smallest absolute Gasteiger partial charge is 0.414 e. The standard InChI is InChI=1S/C24H28N4O5/c25-23(26-14-22(29)30)17-8-10-18(11-9-17)28-15-19(33-24(28)31)16-32-21-7-3-2-6-20(21)27-12-4-1-5-13-27/h2-3,6-11,19H,1,4-5,12-16H2,(H2,25,26)(H,29,30). The molecule has 4 rings (SSSR count). The van der Waals surface area contributed by atoms with Crippen LogP contribution in [0.2, 0.25) is 0 Å². The number of rotatable bonds is 8. The second kappa shape index (κ2) is 10.2. The summed E-state index contributed by atoms with van der Waals surface area (Å²) < 4.78 is 11.6. The Hall–Kier alpha value is -3.75. The Bertz CT molecular complexity index is 1020. The van der Waals surface area contributed by atoms with Gasteiger partial charge in [0, 0.05) is 24.3 Å². The number of cyclic esters (lactones) is 1. The number of aliphatic imine (C=N–C) groups is 1. The SMILES string of the molecule is NC(=NCC(=O)O)c1ccc(N2CC(COc3ccccc3N3CCCCC3)OC2=O)cc1.